The zero-order chi connectivity index (χ0) is 20.2. The smallest absolute Gasteiger partial charge is 0.270 e. The Bertz CT molecular complexity index is 963. The maximum atomic E-state index is 13.2. The molecule has 29 heavy (non-hydrogen) atoms. The third-order valence-electron chi connectivity index (χ3n) is 6.30. The van der Waals surface area contributed by atoms with E-state index in [1.807, 2.05) is 41.8 Å². The first-order valence-corrected chi connectivity index (χ1v) is 10.7. The van der Waals surface area contributed by atoms with Crippen molar-refractivity contribution in [2.45, 2.75) is 31.7 Å². The second-order valence-electron chi connectivity index (χ2n) is 8.25. The third-order valence-corrected chi connectivity index (χ3v) is 6.30. The highest BCUT2D eigenvalue weighted by molar-refractivity contribution is 5.98. The summed E-state index contributed by atoms with van der Waals surface area (Å²) in [7, 11) is 3.96. The van der Waals surface area contributed by atoms with Crippen LogP contribution in [-0.4, -0.2) is 53.0 Å². The summed E-state index contributed by atoms with van der Waals surface area (Å²) in [5.74, 6) is 0.125. The maximum Gasteiger partial charge on any atom is 0.270 e. The fourth-order valence-corrected chi connectivity index (χ4v) is 4.54. The number of aryl methyl sites for hydroxylation is 2. The van der Waals surface area contributed by atoms with Gasteiger partial charge in [-0.25, -0.2) is 0 Å². The van der Waals surface area contributed by atoms with Gasteiger partial charge in [-0.2, -0.15) is 0 Å². The summed E-state index contributed by atoms with van der Waals surface area (Å²) in [6.07, 6.45) is 4.52. The van der Waals surface area contributed by atoms with E-state index in [1.165, 1.54) is 5.56 Å². The van der Waals surface area contributed by atoms with Crippen LogP contribution in [0.5, 0.6) is 0 Å². The van der Waals surface area contributed by atoms with Crippen molar-refractivity contribution < 1.29 is 4.79 Å². The van der Waals surface area contributed by atoms with Gasteiger partial charge in [-0.1, -0.05) is 48.5 Å². The number of carbonyl (C=O) groups is 1. The van der Waals surface area contributed by atoms with Gasteiger partial charge in [0.1, 0.15) is 5.69 Å². The Balaban J connectivity index is 1.37. The van der Waals surface area contributed by atoms with E-state index in [2.05, 4.69) is 47.4 Å². The first kappa shape index (κ1) is 19.7. The number of piperidine rings is 1. The number of likely N-dealkylation sites (tertiary alicyclic amines) is 1. The molecule has 1 aliphatic heterocycles. The number of aromatic nitrogens is 1. The van der Waals surface area contributed by atoms with Crippen LogP contribution in [-0.2, 0) is 13.5 Å². The zero-order valence-corrected chi connectivity index (χ0v) is 17.6. The summed E-state index contributed by atoms with van der Waals surface area (Å²) in [5.41, 5.74) is 3.29. The SMILES string of the molecule is CN(C(=O)c1cc2ccccc2n1C)C1CCCN(CCCc2ccccc2)C1. The van der Waals surface area contributed by atoms with Gasteiger partial charge in [0.25, 0.3) is 5.91 Å². The lowest BCUT2D eigenvalue weighted by Gasteiger charge is -2.37. The van der Waals surface area contributed by atoms with Crippen LogP contribution < -0.4 is 0 Å². The van der Waals surface area contributed by atoms with Gasteiger partial charge in [-0.3, -0.25) is 4.79 Å². The van der Waals surface area contributed by atoms with E-state index in [0.717, 1.165) is 61.9 Å². The summed E-state index contributed by atoms with van der Waals surface area (Å²) in [4.78, 5) is 17.7. The summed E-state index contributed by atoms with van der Waals surface area (Å²) in [6, 6.07) is 21.2. The maximum absolute atomic E-state index is 13.2. The Kier molecular flexibility index (Phi) is 6.00. The van der Waals surface area contributed by atoms with Gasteiger partial charge >= 0.3 is 0 Å². The van der Waals surface area contributed by atoms with E-state index in [9.17, 15) is 4.79 Å². The van der Waals surface area contributed by atoms with E-state index in [0.29, 0.717) is 0 Å². The van der Waals surface area contributed by atoms with Crippen LogP contribution in [0.25, 0.3) is 10.9 Å². The predicted molar refractivity (Wildman–Crippen MR) is 119 cm³/mol. The predicted octanol–water partition coefficient (Wildman–Crippen LogP) is 4.35. The normalized spacial score (nSPS) is 17.5. The standard InChI is InChI=1S/C25H31N3O/c1-26(25(29)24-18-21-13-6-7-15-23(21)27(24)2)22-14-9-17-28(19-22)16-8-12-20-10-4-3-5-11-20/h3-7,10-11,13,15,18,22H,8-9,12,14,16-17,19H2,1-2H3. The average molecular weight is 390 g/mol. The molecule has 4 rings (SSSR count). The second kappa shape index (κ2) is 8.83. The molecule has 1 unspecified atom stereocenters. The minimum Gasteiger partial charge on any atom is -0.340 e. The molecule has 0 spiro atoms. The molecular formula is C25H31N3O. The van der Waals surface area contributed by atoms with Gasteiger partial charge in [-0.15, -0.1) is 0 Å². The molecule has 1 aromatic heterocycles. The van der Waals surface area contributed by atoms with E-state index in [1.54, 1.807) is 0 Å². The lowest BCUT2D eigenvalue weighted by atomic mass is 10.0. The fourth-order valence-electron chi connectivity index (χ4n) is 4.54. The number of likely N-dealkylation sites (N-methyl/N-ethyl adjacent to an activating group) is 1. The Morgan fingerprint density at radius 2 is 1.86 bits per heavy atom. The number of hydrogen-bond acceptors (Lipinski definition) is 2. The van der Waals surface area contributed by atoms with E-state index in [-0.39, 0.29) is 11.9 Å². The molecule has 1 amide bonds. The van der Waals surface area contributed by atoms with Crippen LogP contribution in [0.4, 0.5) is 0 Å². The molecule has 0 saturated carbocycles. The van der Waals surface area contributed by atoms with Crippen molar-refractivity contribution in [2.75, 3.05) is 26.7 Å². The molecule has 152 valence electrons. The molecule has 0 aliphatic carbocycles. The van der Waals surface area contributed by atoms with Crippen molar-refractivity contribution in [3.8, 4) is 0 Å². The first-order chi connectivity index (χ1) is 14.1. The van der Waals surface area contributed by atoms with Crippen molar-refractivity contribution in [1.29, 1.82) is 0 Å². The molecule has 1 atom stereocenters. The third kappa shape index (κ3) is 4.38. The first-order valence-electron chi connectivity index (χ1n) is 10.7. The molecular weight excluding hydrogens is 358 g/mol. The van der Waals surface area contributed by atoms with Crippen LogP contribution in [0.1, 0.15) is 35.3 Å². The molecule has 1 saturated heterocycles. The molecule has 1 aliphatic rings. The van der Waals surface area contributed by atoms with Crippen molar-refractivity contribution in [1.82, 2.24) is 14.4 Å². The van der Waals surface area contributed by atoms with Gasteiger partial charge in [-0.05, 0) is 56.5 Å². The monoisotopic (exact) mass is 389 g/mol. The highest BCUT2D eigenvalue weighted by Gasteiger charge is 2.28. The van der Waals surface area contributed by atoms with Crippen LogP contribution in [0.15, 0.2) is 60.7 Å². The Hall–Kier alpha value is -2.59. The van der Waals surface area contributed by atoms with Crippen molar-refractivity contribution >= 4 is 16.8 Å². The highest BCUT2D eigenvalue weighted by Crippen LogP contribution is 2.22. The number of nitrogens with zero attached hydrogens (tertiary/aromatic N) is 3. The van der Waals surface area contributed by atoms with Gasteiger partial charge in [0.05, 0.1) is 0 Å². The molecule has 1 fully saturated rings. The Morgan fingerprint density at radius 3 is 2.66 bits per heavy atom. The minimum absolute atomic E-state index is 0.125. The Morgan fingerprint density at radius 1 is 1.10 bits per heavy atom. The molecule has 0 radical (unpaired) electrons. The van der Waals surface area contributed by atoms with Gasteiger partial charge in [0, 0.05) is 37.6 Å². The van der Waals surface area contributed by atoms with E-state index >= 15 is 0 Å². The molecule has 0 bridgehead atoms. The fraction of sp³-hybridized carbons (Fsp3) is 0.400. The van der Waals surface area contributed by atoms with Crippen LogP contribution >= 0.6 is 0 Å². The van der Waals surface area contributed by atoms with Gasteiger partial charge in [0.2, 0.25) is 0 Å². The lowest BCUT2D eigenvalue weighted by Crippen LogP contribution is -2.49. The quantitative estimate of drug-likeness (QED) is 0.627. The summed E-state index contributed by atoms with van der Waals surface area (Å²) in [5, 5.41) is 1.12. The average Bonchev–Trinajstić information content (AvgIpc) is 3.10. The van der Waals surface area contributed by atoms with Gasteiger partial charge in [0.15, 0.2) is 0 Å². The van der Waals surface area contributed by atoms with Crippen molar-refractivity contribution in [3.05, 3.63) is 71.9 Å². The largest absolute Gasteiger partial charge is 0.340 e. The number of para-hydroxylation sites is 1. The second-order valence-corrected chi connectivity index (χ2v) is 8.25. The number of fused-ring (bicyclic) bond motifs is 1. The highest BCUT2D eigenvalue weighted by atomic mass is 16.2. The molecule has 0 N–H and O–H groups in total. The van der Waals surface area contributed by atoms with E-state index < -0.39 is 0 Å². The molecule has 2 heterocycles. The minimum atomic E-state index is 0.125. The molecule has 3 aromatic rings. The summed E-state index contributed by atoms with van der Waals surface area (Å²) < 4.78 is 2.02. The number of carbonyl (C=O) groups excluding carboxylic acids is 1. The Labute approximate surface area is 173 Å². The lowest BCUT2D eigenvalue weighted by molar-refractivity contribution is 0.0608. The zero-order valence-electron chi connectivity index (χ0n) is 17.6. The van der Waals surface area contributed by atoms with Crippen molar-refractivity contribution in [2.24, 2.45) is 7.05 Å². The van der Waals surface area contributed by atoms with Crippen molar-refractivity contribution in [3.63, 3.8) is 0 Å². The molecule has 4 nitrogen and oxygen atoms in total. The summed E-state index contributed by atoms with van der Waals surface area (Å²) in [6.45, 7) is 3.21. The van der Waals surface area contributed by atoms with E-state index in [4.69, 9.17) is 0 Å². The molecule has 4 heteroatoms. The van der Waals surface area contributed by atoms with Crippen LogP contribution in [0, 0.1) is 0 Å². The number of rotatable bonds is 6. The van der Waals surface area contributed by atoms with Crippen LogP contribution in [0.3, 0.4) is 0 Å². The number of amides is 1. The topological polar surface area (TPSA) is 28.5 Å². The molecule has 2 aromatic carbocycles. The van der Waals surface area contributed by atoms with Gasteiger partial charge < -0.3 is 14.4 Å². The number of benzene rings is 2. The summed E-state index contributed by atoms with van der Waals surface area (Å²) >= 11 is 0. The van der Waals surface area contributed by atoms with Crippen LogP contribution in [0.2, 0.25) is 0 Å². The number of hydrogen-bond donors (Lipinski definition) is 0.